The summed E-state index contributed by atoms with van der Waals surface area (Å²) >= 11 is 0. The number of carbonyl (C=O) groups excluding carboxylic acids is 2. The molecule has 0 saturated heterocycles. The lowest BCUT2D eigenvalue weighted by molar-refractivity contribution is -0.140. The van der Waals surface area contributed by atoms with Crippen LogP contribution in [0, 0.1) is 20.8 Å². The third-order valence-corrected chi connectivity index (χ3v) is 8.12. The number of hydrogen-bond acceptors (Lipinski definition) is 4. The second-order valence-electron chi connectivity index (χ2n) is 11.0. The zero-order valence-corrected chi connectivity index (χ0v) is 24.7. The van der Waals surface area contributed by atoms with Gasteiger partial charge in [-0.05, 0) is 83.4 Å². The maximum atomic E-state index is 14.0. The van der Waals surface area contributed by atoms with E-state index in [4.69, 9.17) is 0 Å². The largest absolute Gasteiger partial charge is 0.350 e. The summed E-state index contributed by atoms with van der Waals surface area (Å²) in [6, 6.07) is 20.5. The molecule has 0 unspecified atom stereocenters. The van der Waals surface area contributed by atoms with Crippen LogP contribution in [0.1, 0.15) is 49.9 Å². The fraction of sp³-hybridized carbons (Fsp3) is 0.355. The Bertz CT molecular complexity index is 1430. The molecule has 0 heterocycles. The summed E-state index contributed by atoms with van der Waals surface area (Å²) < 4.78 is 29.0. The molecule has 0 bridgehead atoms. The van der Waals surface area contributed by atoms with E-state index in [1.807, 2.05) is 77.9 Å². The minimum atomic E-state index is -4.09. The van der Waals surface area contributed by atoms with Crippen LogP contribution in [-0.4, -0.2) is 43.3 Å². The van der Waals surface area contributed by atoms with Crippen molar-refractivity contribution in [1.82, 2.24) is 10.2 Å². The summed E-state index contributed by atoms with van der Waals surface area (Å²) in [6.07, 6.45) is 0. The molecule has 0 aliphatic heterocycles. The molecule has 1 atom stereocenters. The number of nitrogens with one attached hydrogen (secondary N) is 1. The molecule has 7 nitrogen and oxygen atoms in total. The van der Waals surface area contributed by atoms with E-state index in [-0.39, 0.29) is 17.3 Å². The summed E-state index contributed by atoms with van der Waals surface area (Å²) in [4.78, 5) is 28.8. The number of carbonyl (C=O) groups is 2. The average molecular weight is 550 g/mol. The van der Waals surface area contributed by atoms with E-state index in [1.165, 1.54) is 17.0 Å². The zero-order valence-electron chi connectivity index (χ0n) is 23.9. The van der Waals surface area contributed by atoms with Gasteiger partial charge in [-0.15, -0.1) is 0 Å². The summed E-state index contributed by atoms with van der Waals surface area (Å²) in [6.45, 7) is 12.6. The van der Waals surface area contributed by atoms with Crippen molar-refractivity contribution >= 4 is 27.5 Å². The van der Waals surface area contributed by atoms with Gasteiger partial charge in [-0.25, -0.2) is 8.42 Å². The number of nitrogens with zero attached hydrogens (tertiary/aromatic N) is 2. The van der Waals surface area contributed by atoms with Crippen molar-refractivity contribution in [1.29, 1.82) is 0 Å². The highest BCUT2D eigenvalue weighted by molar-refractivity contribution is 7.92. The van der Waals surface area contributed by atoms with Gasteiger partial charge in [0.15, 0.2) is 0 Å². The van der Waals surface area contributed by atoms with E-state index >= 15 is 0 Å². The van der Waals surface area contributed by atoms with E-state index in [0.717, 1.165) is 26.6 Å². The number of anilines is 1. The van der Waals surface area contributed by atoms with Crippen molar-refractivity contribution in [3.05, 3.63) is 95.1 Å². The average Bonchev–Trinajstić information content (AvgIpc) is 2.86. The van der Waals surface area contributed by atoms with Gasteiger partial charge in [0.25, 0.3) is 10.0 Å². The van der Waals surface area contributed by atoms with E-state index in [2.05, 4.69) is 5.32 Å². The minimum absolute atomic E-state index is 0.0856. The van der Waals surface area contributed by atoms with Gasteiger partial charge in [0.1, 0.15) is 12.6 Å². The van der Waals surface area contributed by atoms with Gasteiger partial charge in [-0.3, -0.25) is 13.9 Å². The number of rotatable bonds is 9. The first-order valence-electron chi connectivity index (χ1n) is 13.0. The lowest BCUT2D eigenvalue weighted by atomic mass is 10.1. The highest BCUT2D eigenvalue weighted by atomic mass is 32.2. The number of aryl methyl sites for hydroxylation is 3. The SMILES string of the molecule is Cc1cccc(CN(C(=O)CN(c2cc(C)ccc2C)S(=O)(=O)c2ccccc2)[C@H](C)C(=O)NC(C)(C)C)c1. The summed E-state index contributed by atoms with van der Waals surface area (Å²) in [5.74, 6) is -0.791. The Morgan fingerprint density at radius 2 is 1.51 bits per heavy atom. The fourth-order valence-electron chi connectivity index (χ4n) is 4.28. The van der Waals surface area contributed by atoms with Crippen LogP contribution < -0.4 is 9.62 Å². The van der Waals surface area contributed by atoms with Crippen LogP contribution in [0.15, 0.2) is 77.7 Å². The number of benzene rings is 3. The van der Waals surface area contributed by atoms with Crippen molar-refractivity contribution < 1.29 is 18.0 Å². The Morgan fingerprint density at radius 3 is 2.13 bits per heavy atom. The predicted octanol–water partition coefficient (Wildman–Crippen LogP) is 5.14. The molecule has 0 aliphatic carbocycles. The summed E-state index contributed by atoms with van der Waals surface area (Å²) in [7, 11) is -4.09. The monoisotopic (exact) mass is 549 g/mol. The molecule has 3 rings (SSSR count). The van der Waals surface area contributed by atoms with Gasteiger partial charge in [-0.1, -0.05) is 60.2 Å². The molecule has 208 valence electrons. The molecule has 0 spiro atoms. The van der Waals surface area contributed by atoms with E-state index in [9.17, 15) is 18.0 Å². The second-order valence-corrected chi connectivity index (χ2v) is 12.9. The van der Waals surface area contributed by atoms with Gasteiger partial charge >= 0.3 is 0 Å². The van der Waals surface area contributed by atoms with Gasteiger partial charge in [0, 0.05) is 12.1 Å². The standard InChI is InChI=1S/C31H39N3O4S/c1-22-12-11-13-26(18-22)20-33(25(4)30(36)32-31(5,6)7)29(35)21-34(28-19-23(2)16-17-24(28)3)39(37,38)27-14-9-8-10-15-27/h8-19,25H,20-21H2,1-7H3,(H,32,36)/t25-/m1/s1. The van der Waals surface area contributed by atoms with Gasteiger partial charge < -0.3 is 10.2 Å². The third-order valence-electron chi connectivity index (χ3n) is 6.34. The van der Waals surface area contributed by atoms with E-state index in [0.29, 0.717) is 5.69 Å². The molecule has 3 aromatic carbocycles. The van der Waals surface area contributed by atoms with Crippen LogP contribution in [0.5, 0.6) is 0 Å². The molecule has 0 radical (unpaired) electrons. The Labute approximate surface area is 232 Å². The minimum Gasteiger partial charge on any atom is -0.350 e. The smallest absolute Gasteiger partial charge is 0.264 e. The Kier molecular flexibility index (Phi) is 9.22. The van der Waals surface area contributed by atoms with Crippen LogP contribution in [0.2, 0.25) is 0 Å². The van der Waals surface area contributed by atoms with Crippen molar-refractivity contribution in [2.45, 2.75) is 71.5 Å². The molecule has 0 saturated carbocycles. The molecule has 8 heteroatoms. The van der Waals surface area contributed by atoms with E-state index in [1.54, 1.807) is 31.2 Å². The van der Waals surface area contributed by atoms with Gasteiger partial charge in [0.05, 0.1) is 10.6 Å². The van der Waals surface area contributed by atoms with Crippen molar-refractivity contribution in [3.63, 3.8) is 0 Å². The highest BCUT2D eigenvalue weighted by Crippen LogP contribution is 2.28. The molecule has 0 fully saturated rings. The normalized spacial score (nSPS) is 12.5. The van der Waals surface area contributed by atoms with Crippen LogP contribution in [0.4, 0.5) is 5.69 Å². The molecule has 0 aromatic heterocycles. The van der Waals surface area contributed by atoms with Crippen molar-refractivity contribution in [2.75, 3.05) is 10.8 Å². The summed E-state index contributed by atoms with van der Waals surface area (Å²) in [5.41, 5.74) is 3.39. The highest BCUT2D eigenvalue weighted by Gasteiger charge is 2.33. The van der Waals surface area contributed by atoms with E-state index < -0.39 is 34.1 Å². The first-order valence-corrected chi connectivity index (χ1v) is 14.4. The number of sulfonamides is 1. The second kappa shape index (κ2) is 12.0. The first kappa shape index (κ1) is 29.9. The van der Waals surface area contributed by atoms with Gasteiger partial charge in [-0.2, -0.15) is 0 Å². The zero-order chi connectivity index (χ0) is 29.0. The molecule has 1 N–H and O–H groups in total. The molecule has 3 aromatic rings. The lowest BCUT2D eigenvalue weighted by Gasteiger charge is -2.34. The topological polar surface area (TPSA) is 86.8 Å². The van der Waals surface area contributed by atoms with Crippen LogP contribution in [-0.2, 0) is 26.2 Å². The summed E-state index contributed by atoms with van der Waals surface area (Å²) in [5, 5.41) is 2.94. The molecule has 39 heavy (non-hydrogen) atoms. The third kappa shape index (κ3) is 7.69. The number of hydrogen-bond donors (Lipinski definition) is 1. The molecule has 0 aliphatic rings. The molecular weight excluding hydrogens is 510 g/mol. The lowest BCUT2D eigenvalue weighted by Crippen LogP contribution is -2.54. The Morgan fingerprint density at radius 1 is 0.872 bits per heavy atom. The first-order chi connectivity index (χ1) is 18.2. The molecular formula is C31H39N3O4S. The maximum Gasteiger partial charge on any atom is 0.264 e. The Balaban J connectivity index is 2.07. The Hall–Kier alpha value is -3.65. The van der Waals surface area contributed by atoms with Crippen LogP contribution in [0.25, 0.3) is 0 Å². The predicted molar refractivity (Wildman–Crippen MR) is 156 cm³/mol. The van der Waals surface area contributed by atoms with Crippen LogP contribution >= 0.6 is 0 Å². The molecule has 2 amide bonds. The van der Waals surface area contributed by atoms with Gasteiger partial charge in [0.2, 0.25) is 11.8 Å². The van der Waals surface area contributed by atoms with Crippen molar-refractivity contribution in [2.24, 2.45) is 0 Å². The quantitative estimate of drug-likeness (QED) is 0.401. The van der Waals surface area contributed by atoms with Crippen LogP contribution in [0.3, 0.4) is 0 Å². The fourth-order valence-corrected chi connectivity index (χ4v) is 5.78. The number of amides is 2. The maximum absolute atomic E-state index is 14.0. The van der Waals surface area contributed by atoms with Crippen molar-refractivity contribution in [3.8, 4) is 0 Å².